The van der Waals surface area contributed by atoms with Crippen LogP contribution < -0.4 is 10.2 Å². The molecule has 0 bridgehead atoms. The van der Waals surface area contributed by atoms with Crippen LogP contribution in [0.5, 0.6) is 0 Å². The highest BCUT2D eigenvalue weighted by Crippen LogP contribution is 2.34. The number of carbonyl (C=O) groups is 1. The van der Waals surface area contributed by atoms with E-state index in [1.165, 1.54) is 0 Å². The fourth-order valence-corrected chi connectivity index (χ4v) is 4.78. The molecule has 2 N–H and O–H groups in total. The van der Waals surface area contributed by atoms with E-state index in [9.17, 15) is 9.90 Å². The van der Waals surface area contributed by atoms with E-state index in [-0.39, 0.29) is 5.91 Å². The molecule has 5 rings (SSSR count). The summed E-state index contributed by atoms with van der Waals surface area (Å²) in [5.74, 6) is 0.630. The molecule has 35 heavy (non-hydrogen) atoms. The zero-order chi connectivity index (χ0) is 24.4. The van der Waals surface area contributed by atoms with E-state index < -0.39 is 5.60 Å². The summed E-state index contributed by atoms with van der Waals surface area (Å²) in [5, 5.41) is 18.6. The average Bonchev–Trinajstić information content (AvgIpc) is 3.20. The Morgan fingerprint density at radius 2 is 1.60 bits per heavy atom. The predicted molar refractivity (Wildman–Crippen MR) is 137 cm³/mol. The van der Waals surface area contributed by atoms with Crippen LogP contribution in [0.1, 0.15) is 40.2 Å². The summed E-state index contributed by atoms with van der Waals surface area (Å²) in [6, 6.07) is 23.4. The SMILES string of the molecule is Cc1nn(-c2ccccc2)c(C)c1C(=O)Nc1ccc(N2CCC(O)(c3ccccc3)CC2)nc1. The van der Waals surface area contributed by atoms with Gasteiger partial charge in [0.2, 0.25) is 0 Å². The normalized spacial score (nSPS) is 15.1. The van der Waals surface area contributed by atoms with Crippen LogP contribution >= 0.6 is 0 Å². The molecular weight excluding hydrogens is 438 g/mol. The summed E-state index contributed by atoms with van der Waals surface area (Å²) in [7, 11) is 0. The predicted octanol–water partition coefficient (Wildman–Crippen LogP) is 4.62. The number of para-hydroxylation sites is 1. The van der Waals surface area contributed by atoms with Crippen molar-refractivity contribution in [3.63, 3.8) is 0 Å². The summed E-state index contributed by atoms with van der Waals surface area (Å²) in [4.78, 5) is 19.8. The van der Waals surface area contributed by atoms with Gasteiger partial charge in [0.25, 0.3) is 5.91 Å². The summed E-state index contributed by atoms with van der Waals surface area (Å²) in [6.07, 6.45) is 2.96. The molecule has 0 radical (unpaired) electrons. The molecule has 0 aliphatic carbocycles. The number of amides is 1. The van der Waals surface area contributed by atoms with Crippen molar-refractivity contribution >= 4 is 17.4 Å². The van der Waals surface area contributed by atoms with Crippen LogP contribution in [-0.2, 0) is 5.60 Å². The first-order chi connectivity index (χ1) is 16.9. The third-order valence-electron chi connectivity index (χ3n) is 6.75. The second kappa shape index (κ2) is 9.35. The first-order valence-electron chi connectivity index (χ1n) is 11.9. The van der Waals surface area contributed by atoms with E-state index in [4.69, 9.17) is 0 Å². The van der Waals surface area contributed by atoms with E-state index >= 15 is 0 Å². The Morgan fingerprint density at radius 3 is 2.23 bits per heavy atom. The average molecular weight is 468 g/mol. The maximum absolute atomic E-state index is 13.1. The highest BCUT2D eigenvalue weighted by atomic mass is 16.3. The Kier molecular flexibility index (Phi) is 6.09. The van der Waals surface area contributed by atoms with Crippen molar-refractivity contribution < 1.29 is 9.90 Å². The second-order valence-corrected chi connectivity index (χ2v) is 9.04. The van der Waals surface area contributed by atoms with Crippen LogP contribution in [0, 0.1) is 13.8 Å². The monoisotopic (exact) mass is 467 g/mol. The second-order valence-electron chi connectivity index (χ2n) is 9.04. The molecule has 2 aromatic heterocycles. The minimum Gasteiger partial charge on any atom is -0.385 e. The Labute approximate surface area is 205 Å². The standard InChI is InChI=1S/C28H29N5O2/c1-20-26(21(2)33(31-20)24-11-7-4-8-12-24)27(34)30-23-13-14-25(29-19-23)32-17-15-28(35,16-18-32)22-9-5-3-6-10-22/h3-14,19,35H,15-18H2,1-2H3,(H,30,34). The number of carbonyl (C=O) groups excluding carboxylic acids is 1. The molecule has 0 unspecified atom stereocenters. The molecule has 4 aromatic rings. The first kappa shape index (κ1) is 22.8. The van der Waals surface area contributed by atoms with Crippen LogP contribution in [0.25, 0.3) is 5.69 Å². The van der Waals surface area contributed by atoms with Crippen molar-refractivity contribution in [2.75, 3.05) is 23.3 Å². The van der Waals surface area contributed by atoms with Crippen molar-refractivity contribution in [3.8, 4) is 5.69 Å². The number of aryl methyl sites for hydroxylation is 1. The molecular formula is C28H29N5O2. The van der Waals surface area contributed by atoms with Gasteiger partial charge in [0.05, 0.1) is 40.1 Å². The lowest BCUT2D eigenvalue weighted by Gasteiger charge is -2.39. The minimum absolute atomic E-state index is 0.206. The van der Waals surface area contributed by atoms with Gasteiger partial charge in [-0.2, -0.15) is 5.10 Å². The van der Waals surface area contributed by atoms with Crippen LogP contribution in [0.15, 0.2) is 79.0 Å². The molecule has 1 amide bonds. The summed E-state index contributed by atoms with van der Waals surface area (Å²) in [5.41, 5.74) is 3.73. The maximum atomic E-state index is 13.1. The number of nitrogens with one attached hydrogen (secondary N) is 1. The van der Waals surface area contributed by atoms with Crippen LogP contribution in [0.3, 0.4) is 0 Å². The highest BCUT2D eigenvalue weighted by molar-refractivity contribution is 6.05. The molecule has 3 heterocycles. The number of rotatable bonds is 5. The lowest BCUT2D eigenvalue weighted by molar-refractivity contribution is 0.0116. The first-order valence-corrected chi connectivity index (χ1v) is 11.9. The number of hydrogen-bond donors (Lipinski definition) is 2. The maximum Gasteiger partial charge on any atom is 0.259 e. The van der Waals surface area contributed by atoms with E-state index in [1.54, 1.807) is 10.9 Å². The fourth-order valence-electron chi connectivity index (χ4n) is 4.78. The largest absolute Gasteiger partial charge is 0.385 e. The number of hydrogen-bond acceptors (Lipinski definition) is 5. The minimum atomic E-state index is -0.800. The van der Waals surface area contributed by atoms with E-state index in [0.29, 0.717) is 42.9 Å². The third-order valence-corrected chi connectivity index (χ3v) is 6.75. The Bertz CT molecular complexity index is 1310. The molecule has 1 aliphatic heterocycles. The van der Waals surface area contributed by atoms with Gasteiger partial charge < -0.3 is 15.3 Å². The quantitative estimate of drug-likeness (QED) is 0.447. The zero-order valence-electron chi connectivity index (χ0n) is 20.0. The highest BCUT2D eigenvalue weighted by Gasteiger charge is 2.34. The van der Waals surface area contributed by atoms with Crippen molar-refractivity contribution in [1.82, 2.24) is 14.8 Å². The third kappa shape index (κ3) is 4.55. The number of nitrogens with zero attached hydrogens (tertiary/aromatic N) is 4. The zero-order valence-corrected chi connectivity index (χ0v) is 20.0. The summed E-state index contributed by atoms with van der Waals surface area (Å²) in [6.45, 7) is 5.16. The molecule has 0 spiro atoms. The van der Waals surface area contributed by atoms with Crippen molar-refractivity contribution in [3.05, 3.63) is 102 Å². The number of piperidine rings is 1. The van der Waals surface area contributed by atoms with E-state index in [2.05, 4.69) is 20.3 Å². The number of anilines is 2. The number of benzene rings is 2. The molecule has 0 atom stereocenters. The molecule has 1 fully saturated rings. The van der Waals surface area contributed by atoms with Gasteiger partial charge in [-0.1, -0.05) is 48.5 Å². The van der Waals surface area contributed by atoms with Crippen LogP contribution in [0.4, 0.5) is 11.5 Å². The Balaban J connectivity index is 1.25. The van der Waals surface area contributed by atoms with Crippen LogP contribution in [-0.4, -0.2) is 38.9 Å². The van der Waals surface area contributed by atoms with Crippen molar-refractivity contribution in [2.45, 2.75) is 32.3 Å². The van der Waals surface area contributed by atoms with Crippen LogP contribution in [0.2, 0.25) is 0 Å². The molecule has 178 valence electrons. The lowest BCUT2D eigenvalue weighted by Crippen LogP contribution is -2.42. The molecule has 1 aliphatic rings. The van der Waals surface area contributed by atoms with Gasteiger partial charge in [-0.25, -0.2) is 9.67 Å². The fraction of sp³-hybridized carbons (Fsp3) is 0.250. The molecule has 1 saturated heterocycles. The van der Waals surface area contributed by atoms with Gasteiger partial charge in [-0.15, -0.1) is 0 Å². The van der Waals surface area contributed by atoms with E-state index in [0.717, 1.165) is 22.8 Å². The van der Waals surface area contributed by atoms with Gasteiger partial charge in [-0.3, -0.25) is 4.79 Å². The smallest absolute Gasteiger partial charge is 0.259 e. The van der Waals surface area contributed by atoms with Gasteiger partial charge >= 0.3 is 0 Å². The lowest BCUT2D eigenvalue weighted by atomic mass is 9.84. The van der Waals surface area contributed by atoms with Crippen molar-refractivity contribution in [1.29, 1.82) is 0 Å². The van der Waals surface area contributed by atoms with Gasteiger partial charge in [0.15, 0.2) is 0 Å². The molecule has 2 aromatic carbocycles. The summed E-state index contributed by atoms with van der Waals surface area (Å²) >= 11 is 0. The Hall–Kier alpha value is -3.97. The van der Waals surface area contributed by atoms with Gasteiger partial charge in [-0.05, 0) is 56.5 Å². The topological polar surface area (TPSA) is 83.3 Å². The Morgan fingerprint density at radius 1 is 0.943 bits per heavy atom. The van der Waals surface area contributed by atoms with Gasteiger partial charge in [0, 0.05) is 13.1 Å². The molecule has 7 heteroatoms. The molecule has 7 nitrogen and oxygen atoms in total. The number of aromatic nitrogens is 3. The number of aliphatic hydroxyl groups is 1. The van der Waals surface area contributed by atoms with E-state index in [1.807, 2.05) is 86.6 Å². The summed E-state index contributed by atoms with van der Waals surface area (Å²) < 4.78 is 1.79. The van der Waals surface area contributed by atoms with Gasteiger partial charge in [0.1, 0.15) is 5.82 Å². The van der Waals surface area contributed by atoms with Crippen molar-refractivity contribution in [2.24, 2.45) is 0 Å². The number of pyridine rings is 1. The molecule has 0 saturated carbocycles.